The largest absolute Gasteiger partial charge is 0.416 e. The van der Waals surface area contributed by atoms with E-state index in [2.05, 4.69) is 4.40 Å². The third-order valence-corrected chi connectivity index (χ3v) is 5.77. The molecule has 2 aromatic rings. The van der Waals surface area contributed by atoms with Crippen molar-refractivity contribution in [2.75, 3.05) is 20.6 Å². The van der Waals surface area contributed by atoms with E-state index < -0.39 is 27.7 Å². The summed E-state index contributed by atoms with van der Waals surface area (Å²) in [6, 6.07) is 11.1. The van der Waals surface area contributed by atoms with Crippen molar-refractivity contribution >= 4 is 21.8 Å². The molecule has 1 aliphatic rings. The predicted octanol–water partition coefficient (Wildman–Crippen LogP) is 2.74. The minimum Gasteiger partial charge on any atom is -0.349 e. The van der Waals surface area contributed by atoms with Crippen molar-refractivity contribution in [1.82, 2.24) is 9.80 Å². The zero-order valence-corrected chi connectivity index (χ0v) is 16.5. The minimum atomic E-state index is -4.46. The van der Waals surface area contributed by atoms with Gasteiger partial charge in [-0.1, -0.05) is 24.3 Å². The second kappa shape index (κ2) is 7.51. The van der Waals surface area contributed by atoms with E-state index >= 15 is 0 Å². The van der Waals surface area contributed by atoms with E-state index in [0.717, 1.165) is 12.1 Å². The van der Waals surface area contributed by atoms with Crippen molar-refractivity contribution in [2.45, 2.75) is 17.6 Å². The molecule has 154 valence electrons. The number of hydrogen-bond acceptors (Lipinski definition) is 4. The molecular formula is C19H18F3N3O3S. The third kappa shape index (κ3) is 4.42. The van der Waals surface area contributed by atoms with Gasteiger partial charge in [0.15, 0.2) is 5.84 Å². The molecule has 0 saturated carbocycles. The molecule has 0 radical (unpaired) electrons. The van der Waals surface area contributed by atoms with Crippen molar-refractivity contribution < 1.29 is 26.4 Å². The molecule has 0 spiro atoms. The SMILES string of the molecule is CN(Cc1cccc(C(F)(F)F)c1)C(=O)CN(C)C1=NS(=O)(=O)c2ccccc21. The lowest BCUT2D eigenvalue weighted by Gasteiger charge is -2.23. The smallest absolute Gasteiger partial charge is 0.349 e. The van der Waals surface area contributed by atoms with E-state index in [1.54, 1.807) is 18.2 Å². The number of amidine groups is 1. The van der Waals surface area contributed by atoms with Gasteiger partial charge in [-0.05, 0) is 29.8 Å². The molecular weight excluding hydrogens is 407 g/mol. The molecule has 10 heteroatoms. The fraction of sp³-hybridized carbons (Fsp3) is 0.263. The van der Waals surface area contributed by atoms with Crippen LogP contribution in [0.3, 0.4) is 0 Å². The van der Waals surface area contributed by atoms with Crippen LogP contribution in [0.1, 0.15) is 16.7 Å². The first-order chi connectivity index (χ1) is 13.5. The maximum absolute atomic E-state index is 12.8. The summed E-state index contributed by atoms with van der Waals surface area (Å²) in [5.41, 5.74) is -0.0390. The van der Waals surface area contributed by atoms with Gasteiger partial charge in [-0.25, -0.2) is 0 Å². The van der Waals surface area contributed by atoms with Gasteiger partial charge in [0.25, 0.3) is 10.0 Å². The number of carbonyl (C=O) groups is 1. The van der Waals surface area contributed by atoms with E-state index in [0.29, 0.717) is 11.1 Å². The summed E-state index contributed by atoms with van der Waals surface area (Å²) in [5, 5.41) is 0. The Labute approximate surface area is 166 Å². The van der Waals surface area contributed by atoms with Crippen LogP contribution >= 0.6 is 0 Å². The van der Waals surface area contributed by atoms with E-state index in [1.165, 1.54) is 42.1 Å². The van der Waals surface area contributed by atoms with Crippen LogP contribution in [0.2, 0.25) is 0 Å². The van der Waals surface area contributed by atoms with E-state index in [4.69, 9.17) is 0 Å². The van der Waals surface area contributed by atoms with Crippen molar-refractivity contribution in [3.8, 4) is 0 Å². The number of halogens is 3. The first-order valence-corrected chi connectivity index (χ1v) is 9.98. The standard InChI is InChI=1S/C19H18F3N3O3S/c1-24(11-13-6-5-7-14(10-13)19(20,21)22)17(26)12-25(2)18-15-8-3-4-9-16(15)29(27,28)23-18/h3-10H,11-12H2,1-2H3. The number of sulfonamides is 1. The topological polar surface area (TPSA) is 70.1 Å². The summed E-state index contributed by atoms with van der Waals surface area (Å²) in [7, 11) is -0.804. The number of fused-ring (bicyclic) bond motifs is 1. The van der Waals surface area contributed by atoms with Gasteiger partial charge in [0.2, 0.25) is 5.91 Å². The number of carbonyl (C=O) groups excluding carboxylic acids is 1. The number of benzene rings is 2. The number of nitrogens with zero attached hydrogens (tertiary/aromatic N) is 3. The highest BCUT2D eigenvalue weighted by molar-refractivity contribution is 7.90. The van der Waals surface area contributed by atoms with Crippen molar-refractivity contribution in [3.63, 3.8) is 0 Å². The normalized spacial score (nSPS) is 14.9. The first-order valence-electron chi connectivity index (χ1n) is 8.54. The van der Waals surface area contributed by atoms with Crippen LogP contribution in [0.25, 0.3) is 0 Å². The molecule has 0 saturated heterocycles. The van der Waals surface area contributed by atoms with Crippen LogP contribution < -0.4 is 0 Å². The van der Waals surface area contributed by atoms with Crippen LogP contribution in [-0.4, -0.2) is 50.6 Å². The zero-order chi connectivity index (χ0) is 21.4. The Bertz CT molecular complexity index is 1080. The monoisotopic (exact) mass is 425 g/mol. The summed E-state index contributed by atoms with van der Waals surface area (Å²) >= 11 is 0. The Morgan fingerprint density at radius 3 is 2.45 bits per heavy atom. The van der Waals surface area contributed by atoms with Gasteiger partial charge in [-0.2, -0.15) is 21.6 Å². The van der Waals surface area contributed by atoms with Gasteiger partial charge < -0.3 is 9.80 Å². The Morgan fingerprint density at radius 1 is 1.07 bits per heavy atom. The molecule has 1 heterocycles. The minimum absolute atomic E-state index is 0.0159. The van der Waals surface area contributed by atoms with Crippen molar-refractivity contribution in [2.24, 2.45) is 4.40 Å². The van der Waals surface area contributed by atoms with Crippen LogP contribution in [0.4, 0.5) is 13.2 Å². The summed E-state index contributed by atoms with van der Waals surface area (Å²) < 4.78 is 66.6. The van der Waals surface area contributed by atoms with E-state index in [-0.39, 0.29) is 23.8 Å². The van der Waals surface area contributed by atoms with Crippen LogP contribution in [0, 0.1) is 0 Å². The molecule has 0 fully saturated rings. The summed E-state index contributed by atoms with van der Waals surface area (Å²) in [6.45, 7) is -0.198. The van der Waals surface area contributed by atoms with Gasteiger partial charge in [0.1, 0.15) is 4.90 Å². The van der Waals surface area contributed by atoms with Crippen molar-refractivity contribution in [3.05, 3.63) is 65.2 Å². The molecule has 0 aliphatic carbocycles. The lowest BCUT2D eigenvalue weighted by molar-refractivity contribution is -0.137. The van der Waals surface area contributed by atoms with E-state index in [9.17, 15) is 26.4 Å². The quantitative estimate of drug-likeness (QED) is 0.756. The van der Waals surface area contributed by atoms with Crippen LogP contribution in [0.15, 0.2) is 57.8 Å². The maximum Gasteiger partial charge on any atom is 0.416 e. The Hall–Kier alpha value is -2.88. The molecule has 6 nitrogen and oxygen atoms in total. The molecule has 0 aromatic heterocycles. The molecule has 3 rings (SSSR count). The fourth-order valence-electron chi connectivity index (χ4n) is 2.97. The zero-order valence-electron chi connectivity index (χ0n) is 15.6. The highest BCUT2D eigenvalue weighted by Gasteiger charge is 2.32. The second-order valence-electron chi connectivity index (χ2n) is 6.69. The van der Waals surface area contributed by atoms with Crippen LogP contribution in [0.5, 0.6) is 0 Å². The molecule has 0 N–H and O–H groups in total. The van der Waals surface area contributed by atoms with Gasteiger partial charge in [-0.3, -0.25) is 4.79 Å². The molecule has 29 heavy (non-hydrogen) atoms. The van der Waals surface area contributed by atoms with E-state index in [1.807, 2.05) is 0 Å². The average Bonchev–Trinajstić information content (AvgIpc) is 2.93. The number of amides is 1. The number of hydrogen-bond donors (Lipinski definition) is 0. The van der Waals surface area contributed by atoms with Gasteiger partial charge in [-0.15, -0.1) is 4.40 Å². The average molecular weight is 425 g/mol. The van der Waals surface area contributed by atoms with Crippen LogP contribution in [-0.2, 0) is 27.5 Å². The maximum atomic E-state index is 12.8. The van der Waals surface area contributed by atoms with Crippen molar-refractivity contribution in [1.29, 1.82) is 0 Å². The summed E-state index contributed by atoms with van der Waals surface area (Å²) in [5.74, 6) is -0.240. The number of rotatable bonds is 4. The summed E-state index contributed by atoms with van der Waals surface area (Å²) in [6.07, 6.45) is -4.46. The lowest BCUT2D eigenvalue weighted by atomic mass is 10.1. The Morgan fingerprint density at radius 2 is 1.76 bits per heavy atom. The molecule has 2 aromatic carbocycles. The molecule has 0 atom stereocenters. The molecule has 1 amide bonds. The molecule has 1 aliphatic heterocycles. The Kier molecular flexibility index (Phi) is 5.40. The first kappa shape index (κ1) is 20.8. The highest BCUT2D eigenvalue weighted by atomic mass is 32.2. The number of alkyl halides is 3. The summed E-state index contributed by atoms with van der Waals surface area (Å²) in [4.78, 5) is 15.3. The lowest BCUT2D eigenvalue weighted by Crippen LogP contribution is -2.39. The fourth-order valence-corrected chi connectivity index (χ4v) is 4.22. The van der Waals surface area contributed by atoms with Gasteiger partial charge in [0, 0.05) is 26.2 Å². The number of likely N-dealkylation sites (N-methyl/N-ethyl adjacent to an activating group) is 2. The molecule has 0 unspecified atom stereocenters. The second-order valence-corrected chi connectivity index (χ2v) is 8.26. The third-order valence-electron chi connectivity index (χ3n) is 4.45. The van der Waals surface area contributed by atoms with Gasteiger partial charge >= 0.3 is 6.18 Å². The van der Waals surface area contributed by atoms with Gasteiger partial charge in [0.05, 0.1) is 12.1 Å². The Balaban J connectivity index is 1.71. The molecule has 0 bridgehead atoms. The predicted molar refractivity (Wildman–Crippen MR) is 101 cm³/mol. The highest BCUT2D eigenvalue weighted by Crippen LogP contribution is 2.30.